The van der Waals surface area contributed by atoms with Gasteiger partial charge in [-0.05, 0) is 37.3 Å². The Morgan fingerprint density at radius 3 is 2.79 bits per heavy atom. The van der Waals surface area contributed by atoms with Crippen LogP contribution in [-0.4, -0.2) is 42.2 Å². The van der Waals surface area contributed by atoms with E-state index >= 15 is 0 Å². The number of nitrogens with zero attached hydrogens (tertiary/aromatic N) is 3. The second-order valence-corrected chi connectivity index (χ2v) is 6.28. The topological polar surface area (TPSA) is 76.6 Å². The van der Waals surface area contributed by atoms with Crippen molar-refractivity contribution in [2.75, 3.05) is 36.5 Å². The van der Waals surface area contributed by atoms with E-state index in [4.69, 9.17) is 9.47 Å². The molecule has 0 saturated heterocycles. The monoisotopic (exact) mass is 382 g/mol. The van der Waals surface area contributed by atoms with Gasteiger partial charge in [-0.3, -0.25) is 4.79 Å². The van der Waals surface area contributed by atoms with E-state index < -0.39 is 0 Å². The summed E-state index contributed by atoms with van der Waals surface area (Å²) in [6.07, 6.45) is 1.41. The average Bonchev–Trinajstić information content (AvgIpc) is 2.71. The molecule has 8 heteroatoms. The van der Waals surface area contributed by atoms with Crippen molar-refractivity contribution >= 4 is 28.3 Å². The van der Waals surface area contributed by atoms with Crippen LogP contribution in [0.2, 0.25) is 0 Å². The number of aromatic nitrogens is 2. The molecule has 1 aromatic heterocycles. The maximum absolute atomic E-state index is 13.7. The van der Waals surface area contributed by atoms with Gasteiger partial charge in [0.05, 0.1) is 12.1 Å². The van der Waals surface area contributed by atoms with E-state index in [9.17, 15) is 9.18 Å². The number of benzene rings is 2. The molecule has 1 amide bonds. The van der Waals surface area contributed by atoms with Crippen LogP contribution >= 0.6 is 0 Å². The van der Waals surface area contributed by atoms with Crippen LogP contribution in [0.5, 0.6) is 11.5 Å². The van der Waals surface area contributed by atoms with Crippen molar-refractivity contribution in [3.63, 3.8) is 0 Å². The Balaban J connectivity index is 1.52. The zero-order valence-electron chi connectivity index (χ0n) is 15.3. The number of hydrogen-bond donors (Lipinski definition) is 1. The highest BCUT2D eigenvalue weighted by atomic mass is 19.1. The van der Waals surface area contributed by atoms with Gasteiger partial charge >= 0.3 is 0 Å². The lowest BCUT2D eigenvalue weighted by Gasteiger charge is -2.23. The minimum Gasteiger partial charge on any atom is -0.486 e. The van der Waals surface area contributed by atoms with Crippen LogP contribution in [0.15, 0.2) is 42.7 Å². The fraction of sp³-hybridized carbons (Fsp3) is 0.250. The summed E-state index contributed by atoms with van der Waals surface area (Å²) < 4.78 is 24.7. The summed E-state index contributed by atoms with van der Waals surface area (Å²) in [5, 5.41) is 3.42. The van der Waals surface area contributed by atoms with E-state index in [0.29, 0.717) is 53.7 Å². The fourth-order valence-electron chi connectivity index (χ4n) is 3.10. The van der Waals surface area contributed by atoms with Crippen LogP contribution in [0.4, 0.5) is 15.9 Å². The number of anilines is 2. The van der Waals surface area contributed by atoms with Crippen LogP contribution < -0.4 is 19.7 Å². The van der Waals surface area contributed by atoms with E-state index in [1.165, 1.54) is 18.5 Å². The van der Waals surface area contributed by atoms with E-state index in [1.807, 2.05) is 6.92 Å². The third-order valence-electron chi connectivity index (χ3n) is 4.42. The Bertz CT molecular complexity index is 1030. The van der Waals surface area contributed by atoms with Gasteiger partial charge in [-0.15, -0.1) is 0 Å². The molecule has 2 aromatic carbocycles. The number of carbonyl (C=O) groups is 1. The third-order valence-corrected chi connectivity index (χ3v) is 4.42. The summed E-state index contributed by atoms with van der Waals surface area (Å²) in [5.74, 6) is 1.19. The molecule has 0 bridgehead atoms. The zero-order chi connectivity index (χ0) is 19.5. The smallest absolute Gasteiger partial charge is 0.243 e. The summed E-state index contributed by atoms with van der Waals surface area (Å²) in [4.78, 5) is 22.8. The molecule has 1 aliphatic rings. The van der Waals surface area contributed by atoms with Gasteiger partial charge in [0.25, 0.3) is 0 Å². The number of hydrogen-bond acceptors (Lipinski definition) is 6. The molecule has 4 rings (SSSR count). The van der Waals surface area contributed by atoms with Crippen molar-refractivity contribution in [2.45, 2.75) is 6.92 Å². The van der Waals surface area contributed by atoms with Gasteiger partial charge in [-0.25, -0.2) is 14.4 Å². The molecule has 0 unspecified atom stereocenters. The summed E-state index contributed by atoms with van der Waals surface area (Å²) in [6, 6.07) is 9.59. The molecule has 0 atom stereocenters. The summed E-state index contributed by atoms with van der Waals surface area (Å²) in [7, 11) is 0. The molecule has 1 N–H and O–H groups in total. The minimum atomic E-state index is -0.375. The lowest BCUT2D eigenvalue weighted by Crippen LogP contribution is -2.34. The third kappa shape index (κ3) is 3.66. The molecule has 2 heterocycles. The van der Waals surface area contributed by atoms with Gasteiger partial charge in [0.15, 0.2) is 11.5 Å². The first-order valence-electron chi connectivity index (χ1n) is 8.99. The van der Waals surface area contributed by atoms with Crippen LogP contribution in [0.25, 0.3) is 10.9 Å². The molecular weight excluding hydrogens is 363 g/mol. The van der Waals surface area contributed by atoms with Crippen molar-refractivity contribution in [1.82, 2.24) is 9.97 Å². The largest absolute Gasteiger partial charge is 0.486 e. The van der Waals surface area contributed by atoms with Gasteiger partial charge in [-0.2, -0.15) is 0 Å². The van der Waals surface area contributed by atoms with Gasteiger partial charge in [0.2, 0.25) is 5.91 Å². The first-order chi connectivity index (χ1) is 13.6. The molecule has 3 aromatic rings. The van der Waals surface area contributed by atoms with Crippen molar-refractivity contribution in [3.8, 4) is 11.5 Å². The zero-order valence-corrected chi connectivity index (χ0v) is 15.3. The van der Waals surface area contributed by atoms with Crippen molar-refractivity contribution < 1.29 is 18.7 Å². The molecular formula is C20H19FN4O3. The second kappa shape index (κ2) is 7.67. The molecule has 28 heavy (non-hydrogen) atoms. The van der Waals surface area contributed by atoms with Gasteiger partial charge in [0, 0.05) is 23.7 Å². The van der Waals surface area contributed by atoms with E-state index in [2.05, 4.69) is 15.3 Å². The van der Waals surface area contributed by atoms with Crippen molar-refractivity contribution in [1.29, 1.82) is 0 Å². The van der Waals surface area contributed by atoms with Crippen molar-refractivity contribution in [2.24, 2.45) is 0 Å². The number of fused-ring (bicyclic) bond motifs is 2. The summed E-state index contributed by atoms with van der Waals surface area (Å²) >= 11 is 0. The Morgan fingerprint density at radius 2 is 1.96 bits per heavy atom. The predicted molar refractivity (Wildman–Crippen MR) is 103 cm³/mol. The molecule has 144 valence electrons. The Morgan fingerprint density at radius 1 is 1.14 bits per heavy atom. The first kappa shape index (κ1) is 18.0. The molecule has 0 spiro atoms. The number of amides is 1. The molecule has 7 nitrogen and oxygen atoms in total. The molecule has 0 radical (unpaired) electrons. The standard InChI is InChI=1S/C20H19FN4O3/c1-2-25(20-15-9-13(21)3-5-16(15)22-12-23-20)11-19(26)24-14-4-6-17-18(10-14)28-8-7-27-17/h3-6,9-10,12H,2,7-8,11H2,1H3,(H,24,26). The number of rotatable bonds is 5. The highest BCUT2D eigenvalue weighted by Crippen LogP contribution is 2.32. The Hall–Kier alpha value is -3.42. The SMILES string of the molecule is CCN(CC(=O)Nc1ccc2c(c1)OCCO2)c1ncnc2ccc(F)cc12. The summed E-state index contributed by atoms with van der Waals surface area (Å²) in [5.41, 5.74) is 1.24. The number of ether oxygens (including phenoxy) is 2. The Kier molecular flexibility index (Phi) is 4.92. The average molecular weight is 382 g/mol. The van der Waals surface area contributed by atoms with Crippen molar-refractivity contribution in [3.05, 3.63) is 48.5 Å². The quantitative estimate of drug-likeness (QED) is 0.731. The van der Waals surface area contributed by atoms with Crippen LogP contribution in [0.1, 0.15) is 6.92 Å². The number of carbonyl (C=O) groups excluding carboxylic acids is 1. The predicted octanol–water partition coefficient (Wildman–Crippen LogP) is 3.01. The second-order valence-electron chi connectivity index (χ2n) is 6.28. The van der Waals surface area contributed by atoms with E-state index in [-0.39, 0.29) is 18.3 Å². The lowest BCUT2D eigenvalue weighted by molar-refractivity contribution is -0.115. The summed E-state index contributed by atoms with van der Waals surface area (Å²) in [6.45, 7) is 3.48. The number of likely N-dealkylation sites (N-methyl/N-ethyl adjacent to an activating group) is 1. The normalized spacial score (nSPS) is 12.6. The highest BCUT2D eigenvalue weighted by Gasteiger charge is 2.17. The van der Waals surface area contributed by atoms with Gasteiger partial charge in [-0.1, -0.05) is 0 Å². The van der Waals surface area contributed by atoms with E-state index in [0.717, 1.165) is 0 Å². The van der Waals surface area contributed by atoms with Gasteiger partial charge < -0.3 is 19.7 Å². The van der Waals surface area contributed by atoms with Crippen LogP contribution in [0, 0.1) is 5.82 Å². The van der Waals surface area contributed by atoms with Gasteiger partial charge in [0.1, 0.15) is 31.2 Å². The highest BCUT2D eigenvalue weighted by molar-refractivity contribution is 5.96. The van der Waals surface area contributed by atoms with Crippen LogP contribution in [-0.2, 0) is 4.79 Å². The molecule has 1 aliphatic heterocycles. The molecule has 0 fully saturated rings. The van der Waals surface area contributed by atoms with Crippen LogP contribution in [0.3, 0.4) is 0 Å². The number of halogens is 1. The minimum absolute atomic E-state index is 0.0631. The fourth-order valence-corrected chi connectivity index (χ4v) is 3.10. The lowest BCUT2D eigenvalue weighted by atomic mass is 10.2. The first-order valence-corrected chi connectivity index (χ1v) is 8.99. The molecule has 0 aliphatic carbocycles. The number of nitrogens with one attached hydrogen (secondary N) is 1. The maximum atomic E-state index is 13.7. The van der Waals surface area contributed by atoms with E-state index in [1.54, 1.807) is 29.2 Å². The molecule has 0 saturated carbocycles. The Labute approximate surface area is 161 Å². The maximum Gasteiger partial charge on any atom is 0.243 e.